The molecule has 0 radical (unpaired) electrons. The fraction of sp³-hybridized carbons (Fsp3) is 1.00. The summed E-state index contributed by atoms with van der Waals surface area (Å²) in [5, 5.41) is 29.6. The molecule has 7 unspecified atom stereocenters. The zero-order chi connectivity index (χ0) is 13.4. The zero-order valence-corrected chi connectivity index (χ0v) is 11.4. The average molecular weight is 270 g/mol. The molecule has 0 heterocycles. The highest BCUT2D eigenvalue weighted by atomic mass is 16.5. The molecule has 4 nitrogen and oxygen atoms in total. The molecular weight excluding hydrogens is 244 g/mol. The molecule has 3 aliphatic rings. The van der Waals surface area contributed by atoms with Crippen molar-refractivity contribution >= 4 is 0 Å². The summed E-state index contributed by atoms with van der Waals surface area (Å²) in [6.07, 6.45) is 5.40. The van der Waals surface area contributed by atoms with E-state index in [-0.39, 0.29) is 30.7 Å². The minimum absolute atomic E-state index is 0.0382. The highest BCUT2D eigenvalue weighted by Crippen LogP contribution is 2.48. The van der Waals surface area contributed by atoms with Gasteiger partial charge in [-0.05, 0) is 43.9 Å². The van der Waals surface area contributed by atoms with Crippen LogP contribution in [0.4, 0.5) is 0 Å². The van der Waals surface area contributed by atoms with Crippen LogP contribution in [0, 0.1) is 23.7 Å². The molecule has 3 rings (SSSR count). The summed E-state index contributed by atoms with van der Waals surface area (Å²) in [6, 6.07) is 0. The molecule has 0 aliphatic heterocycles. The summed E-state index contributed by atoms with van der Waals surface area (Å²) in [5.74, 6) is 1.33. The van der Waals surface area contributed by atoms with Gasteiger partial charge in [0.1, 0.15) is 0 Å². The molecule has 3 saturated carbocycles. The Morgan fingerprint density at radius 2 is 1.74 bits per heavy atom. The van der Waals surface area contributed by atoms with Crippen molar-refractivity contribution in [2.75, 3.05) is 13.2 Å². The van der Waals surface area contributed by atoms with E-state index in [4.69, 9.17) is 4.74 Å². The first-order valence-electron chi connectivity index (χ1n) is 7.79. The first-order chi connectivity index (χ1) is 9.20. The van der Waals surface area contributed by atoms with Crippen LogP contribution in [0.5, 0.6) is 0 Å². The van der Waals surface area contributed by atoms with Crippen LogP contribution in [-0.2, 0) is 4.74 Å². The molecule has 0 saturated heterocycles. The maximum atomic E-state index is 10.2. The number of ether oxygens (including phenoxy) is 1. The lowest BCUT2D eigenvalue weighted by Gasteiger charge is -2.35. The van der Waals surface area contributed by atoms with E-state index >= 15 is 0 Å². The van der Waals surface area contributed by atoms with Crippen molar-refractivity contribution in [3.63, 3.8) is 0 Å². The fourth-order valence-electron chi connectivity index (χ4n) is 4.46. The van der Waals surface area contributed by atoms with Gasteiger partial charge >= 0.3 is 0 Å². The van der Waals surface area contributed by atoms with Crippen molar-refractivity contribution < 1.29 is 20.1 Å². The van der Waals surface area contributed by atoms with Crippen LogP contribution in [0.1, 0.15) is 38.5 Å². The molecular formula is C15H26O4. The maximum absolute atomic E-state index is 10.2. The molecule has 110 valence electrons. The van der Waals surface area contributed by atoms with Crippen molar-refractivity contribution in [3.05, 3.63) is 0 Å². The van der Waals surface area contributed by atoms with Gasteiger partial charge in [-0.15, -0.1) is 0 Å². The molecule has 3 aliphatic carbocycles. The molecule has 0 aromatic rings. The van der Waals surface area contributed by atoms with Crippen LogP contribution < -0.4 is 0 Å². The second-order valence-corrected chi connectivity index (χ2v) is 6.72. The highest BCUT2D eigenvalue weighted by molar-refractivity contribution is 4.96. The Kier molecular flexibility index (Phi) is 4.13. The van der Waals surface area contributed by atoms with E-state index in [1.54, 1.807) is 0 Å². The van der Waals surface area contributed by atoms with Gasteiger partial charge in [-0.3, -0.25) is 0 Å². The quantitative estimate of drug-likeness (QED) is 0.711. The lowest BCUT2D eigenvalue weighted by molar-refractivity contribution is -0.114. The Labute approximate surface area is 114 Å². The number of aliphatic hydroxyl groups excluding tert-OH is 3. The second kappa shape index (κ2) is 5.68. The van der Waals surface area contributed by atoms with Crippen molar-refractivity contribution in [2.24, 2.45) is 23.7 Å². The molecule has 3 fully saturated rings. The number of hydrogen-bond donors (Lipinski definition) is 3. The standard InChI is InChI=1S/C15H26O4/c16-7-11-2-1-3-13(15(11)18)19-8-12-9-4-5-10(6-9)14(12)17/h9-18H,1-8H2. The van der Waals surface area contributed by atoms with Gasteiger partial charge < -0.3 is 20.1 Å². The van der Waals surface area contributed by atoms with E-state index in [9.17, 15) is 15.3 Å². The molecule has 0 aromatic carbocycles. The van der Waals surface area contributed by atoms with E-state index in [1.165, 1.54) is 12.8 Å². The normalized spacial score (nSPS) is 49.7. The lowest BCUT2D eigenvalue weighted by Crippen LogP contribution is -2.42. The van der Waals surface area contributed by atoms with Gasteiger partial charge in [-0.1, -0.05) is 6.42 Å². The van der Waals surface area contributed by atoms with Gasteiger partial charge in [0.2, 0.25) is 0 Å². The fourth-order valence-corrected chi connectivity index (χ4v) is 4.46. The Morgan fingerprint density at radius 3 is 2.42 bits per heavy atom. The maximum Gasteiger partial charge on any atom is 0.0851 e. The van der Waals surface area contributed by atoms with Crippen molar-refractivity contribution in [2.45, 2.75) is 56.8 Å². The molecule has 0 spiro atoms. The third kappa shape index (κ3) is 2.56. The number of rotatable bonds is 4. The first-order valence-corrected chi connectivity index (χ1v) is 7.79. The smallest absolute Gasteiger partial charge is 0.0851 e. The lowest BCUT2D eigenvalue weighted by atomic mass is 9.84. The number of hydrogen-bond acceptors (Lipinski definition) is 4. The summed E-state index contributed by atoms with van der Waals surface area (Å²) >= 11 is 0. The summed E-state index contributed by atoms with van der Waals surface area (Å²) in [5.41, 5.74) is 0. The SMILES string of the molecule is OCC1CCCC(OCC2C3CCC(C3)C2O)C1O. The Bertz CT molecular complexity index is 307. The summed E-state index contributed by atoms with van der Waals surface area (Å²) in [6.45, 7) is 0.611. The summed E-state index contributed by atoms with van der Waals surface area (Å²) in [4.78, 5) is 0. The van der Waals surface area contributed by atoms with Gasteiger partial charge in [0, 0.05) is 18.4 Å². The van der Waals surface area contributed by atoms with Gasteiger partial charge in [-0.25, -0.2) is 0 Å². The Hall–Kier alpha value is -0.160. The van der Waals surface area contributed by atoms with Gasteiger partial charge in [0.25, 0.3) is 0 Å². The molecule has 7 atom stereocenters. The van der Waals surface area contributed by atoms with Gasteiger partial charge in [0.15, 0.2) is 0 Å². The van der Waals surface area contributed by atoms with E-state index in [2.05, 4.69) is 0 Å². The average Bonchev–Trinajstić information content (AvgIpc) is 3.00. The zero-order valence-electron chi connectivity index (χ0n) is 11.4. The largest absolute Gasteiger partial charge is 0.396 e. The number of aliphatic hydroxyl groups is 3. The van der Waals surface area contributed by atoms with Crippen molar-refractivity contribution in [1.29, 1.82) is 0 Å². The molecule has 0 aromatic heterocycles. The molecule has 4 heteroatoms. The Morgan fingerprint density at radius 1 is 0.947 bits per heavy atom. The minimum Gasteiger partial charge on any atom is -0.396 e. The molecule has 19 heavy (non-hydrogen) atoms. The van der Waals surface area contributed by atoms with E-state index in [1.807, 2.05) is 0 Å². The van der Waals surface area contributed by atoms with Crippen LogP contribution in [-0.4, -0.2) is 46.8 Å². The van der Waals surface area contributed by atoms with E-state index < -0.39 is 6.10 Å². The first kappa shape index (κ1) is 13.8. The third-order valence-corrected chi connectivity index (χ3v) is 5.71. The second-order valence-electron chi connectivity index (χ2n) is 6.72. The van der Waals surface area contributed by atoms with Crippen LogP contribution in [0.2, 0.25) is 0 Å². The Balaban J connectivity index is 1.52. The van der Waals surface area contributed by atoms with E-state index in [0.29, 0.717) is 18.4 Å². The number of fused-ring (bicyclic) bond motifs is 2. The predicted molar refractivity (Wildman–Crippen MR) is 70.5 cm³/mol. The third-order valence-electron chi connectivity index (χ3n) is 5.71. The van der Waals surface area contributed by atoms with Crippen molar-refractivity contribution in [3.8, 4) is 0 Å². The van der Waals surface area contributed by atoms with Crippen LogP contribution in [0.3, 0.4) is 0 Å². The molecule has 3 N–H and O–H groups in total. The monoisotopic (exact) mass is 270 g/mol. The molecule has 0 amide bonds. The highest BCUT2D eigenvalue weighted by Gasteiger charge is 2.47. The van der Waals surface area contributed by atoms with E-state index in [0.717, 1.165) is 25.7 Å². The van der Waals surface area contributed by atoms with Crippen LogP contribution >= 0.6 is 0 Å². The van der Waals surface area contributed by atoms with Crippen LogP contribution in [0.25, 0.3) is 0 Å². The minimum atomic E-state index is -0.547. The molecule has 2 bridgehead atoms. The predicted octanol–water partition coefficient (Wildman–Crippen LogP) is 0.932. The summed E-state index contributed by atoms with van der Waals surface area (Å²) in [7, 11) is 0. The summed E-state index contributed by atoms with van der Waals surface area (Å²) < 4.78 is 5.91. The van der Waals surface area contributed by atoms with Crippen molar-refractivity contribution in [1.82, 2.24) is 0 Å². The van der Waals surface area contributed by atoms with Crippen LogP contribution in [0.15, 0.2) is 0 Å². The topological polar surface area (TPSA) is 69.9 Å². The van der Waals surface area contributed by atoms with Gasteiger partial charge in [0.05, 0.1) is 24.9 Å². The van der Waals surface area contributed by atoms with Gasteiger partial charge in [-0.2, -0.15) is 0 Å².